The zero-order valence-corrected chi connectivity index (χ0v) is 28.9. The second-order valence-electron chi connectivity index (χ2n) is 12.5. The van der Waals surface area contributed by atoms with Crippen LogP contribution in [0.1, 0.15) is 46.0 Å². The van der Waals surface area contributed by atoms with Gasteiger partial charge in [0, 0.05) is 40.2 Å². The van der Waals surface area contributed by atoms with E-state index in [1.807, 2.05) is 36.4 Å². The second-order valence-corrected chi connectivity index (χ2v) is 13.4. The van der Waals surface area contributed by atoms with Crippen molar-refractivity contribution in [2.24, 2.45) is 5.92 Å². The van der Waals surface area contributed by atoms with Gasteiger partial charge >= 0.3 is 0 Å². The molecule has 0 radical (unpaired) electrons. The van der Waals surface area contributed by atoms with Crippen LogP contribution in [0.15, 0.2) is 108 Å². The Kier molecular flexibility index (Phi) is 10.0. The second kappa shape index (κ2) is 14.4. The van der Waals surface area contributed by atoms with E-state index in [0.717, 1.165) is 16.7 Å². The molecule has 4 aromatic carbocycles. The number of rotatable bonds is 10. The van der Waals surface area contributed by atoms with Gasteiger partial charge in [0.25, 0.3) is 11.8 Å². The zero-order valence-electron chi connectivity index (χ0n) is 27.3. The summed E-state index contributed by atoms with van der Waals surface area (Å²) >= 11 is 3.50. The fraction of sp³-hybridized carbons (Fsp3) is 0.256. The largest absolute Gasteiger partial charge is 0.497 e. The van der Waals surface area contributed by atoms with Gasteiger partial charge in [-0.3, -0.25) is 14.4 Å². The summed E-state index contributed by atoms with van der Waals surface area (Å²) < 4.78 is 5.89. The lowest BCUT2D eigenvalue weighted by molar-refractivity contribution is -0.139. The van der Waals surface area contributed by atoms with E-state index in [-0.39, 0.29) is 37.4 Å². The Morgan fingerprint density at radius 1 is 1.04 bits per heavy atom. The molecule has 3 amide bonds. The van der Waals surface area contributed by atoms with Crippen molar-refractivity contribution in [3.63, 3.8) is 0 Å². The Morgan fingerprint density at radius 3 is 2.53 bits per heavy atom. The standard InChI is InChI=1S/C39H38BrN3O6/c1-25(7-5-12-36(45)42-23-29-10-4-3-9-28(29)20-32(42)24-44)39(48)34-21-30(40)15-18-35(34)43(38(39)47)22-26-8-6-11-31(19-26)41-37(46)27-13-16-33(49-2)17-14-27/h3-11,13-19,21,25,32,44,48H,12,20,22-24H2,1-2H3,(H,41,46)/b7-5+/t25-,32+,39+/m1/s1. The fourth-order valence-electron chi connectivity index (χ4n) is 6.62. The molecule has 49 heavy (non-hydrogen) atoms. The summed E-state index contributed by atoms with van der Waals surface area (Å²) in [7, 11) is 1.56. The van der Waals surface area contributed by atoms with Crippen LogP contribution in [0.2, 0.25) is 0 Å². The van der Waals surface area contributed by atoms with Gasteiger partial charge in [0.2, 0.25) is 5.91 Å². The van der Waals surface area contributed by atoms with Gasteiger partial charge in [-0.1, -0.05) is 71.4 Å². The number of anilines is 2. The van der Waals surface area contributed by atoms with Crippen LogP contribution < -0.4 is 15.0 Å². The Morgan fingerprint density at radius 2 is 1.80 bits per heavy atom. The van der Waals surface area contributed by atoms with Crippen LogP contribution in [0, 0.1) is 5.92 Å². The van der Waals surface area contributed by atoms with E-state index in [0.29, 0.717) is 45.7 Å². The van der Waals surface area contributed by atoms with E-state index in [2.05, 4.69) is 21.2 Å². The summed E-state index contributed by atoms with van der Waals surface area (Å²) in [6, 6.07) is 27.0. The summed E-state index contributed by atoms with van der Waals surface area (Å²) in [5, 5.41) is 25.0. The Labute approximate surface area is 293 Å². The van der Waals surface area contributed by atoms with Gasteiger partial charge in [-0.25, -0.2) is 0 Å². The predicted molar refractivity (Wildman–Crippen MR) is 191 cm³/mol. The third-order valence-electron chi connectivity index (χ3n) is 9.37. The third-order valence-corrected chi connectivity index (χ3v) is 9.86. The highest BCUT2D eigenvalue weighted by molar-refractivity contribution is 9.10. The molecule has 4 aromatic rings. The lowest BCUT2D eigenvalue weighted by atomic mass is 9.83. The number of fused-ring (bicyclic) bond motifs is 2. The molecule has 0 aliphatic carbocycles. The normalized spacial score (nSPS) is 19.0. The molecular formula is C39H38BrN3O6. The summed E-state index contributed by atoms with van der Waals surface area (Å²) in [5.74, 6) is -0.913. The molecule has 0 fully saturated rings. The van der Waals surface area contributed by atoms with Gasteiger partial charge in [0.1, 0.15) is 5.75 Å². The molecule has 0 unspecified atom stereocenters. The highest BCUT2D eigenvalue weighted by Gasteiger charge is 2.52. The maximum absolute atomic E-state index is 14.1. The molecule has 10 heteroatoms. The summed E-state index contributed by atoms with van der Waals surface area (Å²) in [6.07, 6.45) is 4.07. The SMILES string of the molecule is COc1ccc(C(=O)Nc2cccc(CN3C(=O)[C@](O)([C@H](C)/C=C/CC(=O)N4Cc5ccccc5C[C@H]4CO)c4cc(Br)ccc43)c2)cc1. The number of nitrogens with zero attached hydrogens (tertiary/aromatic N) is 2. The first-order chi connectivity index (χ1) is 23.6. The van der Waals surface area contributed by atoms with E-state index in [4.69, 9.17) is 4.74 Å². The minimum absolute atomic E-state index is 0.0668. The van der Waals surface area contributed by atoms with Crippen LogP contribution in [0.5, 0.6) is 5.75 Å². The number of aliphatic hydroxyl groups is 2. The minimum atomic E-state index is -1.88. The first kappa shape index (κ1) is 34.1. The molecule has 3 atom stereocenters. The first-order valence-corrected chi connectivity index (χ1v) is 16.9. The van der Waals surface area contributed by atoms with Crippen LogP contribution in [-0.2, 0) is 34.7 Å². The number of carbonyl (C=O) groups is 3. The van der Waals surface area contributed by atoms with Gasteiger partial charge in [0.05, 0.1) is 32.0 Å². The third kappa shape index (κ3) is 6.90. The molecular weight excluding hydrogens is 686 g/mol. The van der Waals surface area contributed by atoms with Crippen LogP contribution in [0.4, 0.5) is 11.4 Å². The van der Waals surface area contributed by atoms with Crippen molar-refractivity contribution in [1.29, 1.82) is 0 Å². The number of methoxy groups -OCH3 is 1. The number of amides is 3. The molecule has 6 rings (SSSR count). The number of nitrogens with one attached hydrogen (secondary N) is 1. The monoisotopic (exact) mass is 723 g/mol. The lowest BCUT2D eigenvalue weighted by Gasteiger charge is -2.36. The molecule has 2 aliphatic heterocycles. The Bertz CT molecular complexity index is 1910. The highest BCUT2D eigenvalue weighted by atomic mass is 79.9. The number of halogens is 1. The molecule has 0 spiro atoms. The number of carbonyl (C=O) groups excluding carboxylic acids is 3. The van der Waals surface area contributed by atoms with Crippen LogP contribution >= 0.6 is 15.9 Å². The van der Waals surface area contributed by atoms with Crippen molar-refractivity contribution in [2.75, 3.05) is 23.9 Å². The summed E-state index contributed by atoms with van der Waals surface area (Å²) in [5.41, 5.74) is 3.17. The predicted octanol–water partition coefficient (Wildman–Crippen LogP) is 5.97. The van der Waals surface area contributed by atoms with Gasteiger partial charge in [-0.2, -0.15) is 0 Å². The molecule has 3 N–H and O–H groups in total. The topological polar surface area (TPSA) is 119 Å². The van der Waals surface area contributed by atoms with Crippen molar-refractivity contribution < 1.29 is 29.3 Å². The Hall–Kier alpha value is -4.77. The molecule has 2 aliphatic rings. The van der Waals surface area contributed by atoms with E-state index < -0.39 is 17.4 Å². The molecule has 0 saturated heterocycles. The average molecular weight is 725 g/mol. The van der Waals surface area contributed by atoms with E-state index in [1.54, 1.807) is 90.6 Å². The number of benzene rings is 4. The molecule has 0 saturated carbocycles. The number of hydrogen-bond donors (Lipinski definition) is 3. The van der Waals surface area contributed by atoms with Gasteiger partial charge in [0.15, 0.2) is 5.60 Å². The Balaban J connectivity index is 1.17. The molecule has 0 bridgehead atoms. The molecule has 2 heterocycles. The van der Waals surface area contributed by atoms with Gasteiger partial charge in [-0.05, 0) is 77.7 Å². The molecule has 9 nitrogen and oxygen atoms in total. The lowest BCUT2D eigenvalue weighted by Crippen LogP contribution is -2.46. The van der Waals surface area contributed by atoms with E-state index in [1.165, 1.54) is 0 Å². The van der Waals surface area contributed by atoms with Crippen LogP contribution in [0.25, 0.3) is 0 Å². The fourth-order valence-corrected chi connectivity index (χ4v) is 6.99. The number of ether oxygens (including phenoxy) is 1. The van der Waals surface area contributed by atoms with E-state index in [9.17, 15) is 24.6 Å². The van der Waals surface area contributed by atoms with Crippen molar-refractivity contribution in [1.82, 2.24) is 4.90 Å². The smallest absolute Gasteiger partial charge is 0.264 e. The molecule has 0 aromatic heterocycles. The maximum Gasteiger partial charge on any atom is 0.264 e. The van der Waals surface area contributed by atoms with Gasteiger partial charge in [-0.15, -0.1) is 0 Å². The zero-order chi connectivity index (χ0) is 34.7. The first-order valence-electron chi connectivity index (χ1n) is 16.1. The summed E-state index contributed by atoms with van der Waals surface area (Å²) in [4.78, 5) is 43.6. The van der Waals surface area contributed by atoms with Crippen molar-refractivity contribution in [2.45, 2.75) is 44.5 Å². The number of hydrogen-bond acceptors (Lipinski definition) is 6. The average Bonchev–Trinajstić information content (AvgIpc) is 3.32. The van der Waals surface area contributed by atoms with Crippen molar-refractivity contribution in [3.8, 4) is 5.75 Å². The van der Waals surface area contributed by atoms with Gasteiger partial charge < -0.3 is 30.1 Å². The quantitative estimate of drug-likeness (QED) is 0.174. The van der Waals surface area contributed by atoms with Crippen molar-refractivity contribution in [3.05, 3.63) is 135 Å². The number of aliphatic hydroxyl groups excluding tert-OH is 1. The minimum Gasteiger partial charge on any atom is -0.497 e. The van der Waals surface area contributed by atoms with Crippen LogP contribution in [-0.4, -0.2) is 52.6 Å². The van der Waals surface area contributed by atoms with E-state index >= 15 is 0 Å². The summed E-state index contributed by atoms with van der Waals surface area (Å²) in [6.45, 7) is 2.22. The maximum atomic E-state index is 14.1. The highest BCUT2D eigenvalue weighted by Crippen LogP contribution is 2.47. The molecule has 252 valence electrons. The van der Waals surface area contributed by atoms with Crippen LogP contribution in [0.3, 0.4) is 0 Å². The van der Waals surface area contributed by atoms with Crippen molar-refractivity contribution >= 4 is 45.0 Å².